The molecule has 0 aliphatic carbocycles. The topological polar surface area (TPSA) is 106 Å². The van der Waals surface area contributed by atoms with Gasteiger partial charge in [-0.3, -0.25) is 0 Å². The van der Waals surface area contributed by atoms with Gasteiger partial charge in [-0.2, -0.15) is 0 Å². The molecule has 0 bridgehead atoms. The second kappa shape index (κ2) is 8.14. The maximum atomic E-state index is 12.7. The molecule has 1 unspecified atom stereocenters. The molecule has 1 aromatic carbocycles. The summed E-state index contributed by atoms with van der Waals surface area (Å²) in [5.74, 6) is 0.259. The number of aryl methyl sites for hydroxylation is 1. The molecule has 0 spiro atoms. The molecule has 0 aliphatic heterocycles. The van der Waals surface area contributed by atoms with Crippen LogP contribution in [0.15, 0.2) is 28.0 Å². The van der Waals surface area contributed by atoms with Crippen LogP contribution < -0.4 is 10.5 Å². The third-order valence-electron chi connectivity index (χ3n) is 3.57. The first-order chi connectivity index (χ1) is 10.3. The molecule has 6 nitrogen and oxygen atoms in total. The molecule has 1 atom stereocenters. The Morgan fingerprint density at radius 3 is 2.17 bits per heavy atom. The van der Waals surface area contributed by atoms with Gasteiger partial charge in [-0.15, -0.1) is 12.4 Å². The van der Waals surface area contributed by atoms with E-state index >= 15 is 0 Å². The summed E-state index contributed by atoms with van der Waals surface area (Å²) in [6, 6.07) is 4.09. The largest absolute Gasteiger partial charge is 0.329 e. The number of rotatable bonds is 7. The first kappa shape index (κ1) is 23.3. The van der Waals surface area contributed by atoms with Gasteiger partial charge in [0.05, 0.1) is 9.79 Å². The Balaban J connectivity index is 0.00000529. The molecule has 0 aliphatic rings. The smallest absolute Gasteiger partial charge is 0.241 e. The van der Waals surface area contributed by atoms with Crippen LogP contribution in [0.1, 0.15) is 32.8 Å². The minimum Gasteiger partial charge on any atom is -0.329 e. The number of sulfone groups is 1. The lowest BCUT2D eigenvalue weighted by molar-refractivity contribution is 0.344. The van der Waals surface area contributed by atoms with Crippen LogP contribution in [0.3, 0.4) is 0 Å². The van der Waals surface area contributed by atoms with Crippen LogP contribution in [0.4, 0.5) is 0 Å². The van der Waals surface area contributed by atoms with Gasteiger partial charge in [0.1, 0.15) is 0 Å². The molecular formula is C15H27ClN2O4S2. The fourth-order valence-corrected chi connectivity index (χ4v) is 4.97. The minimum atomic E-state index is -3.88. The van der Waals surface area contributed by atoms with E-state index in [0.717, 1.165) is 6.26 Å². The van der Waals surface area contributed by atoms with Crippen molar-refractivity contribution < 1.29 is 16.8 Å². The Bertz CT molecular complexity index is 777. The summed E-state index contributed by atoms with van der Waals surface area (Å²) in [5, 5.41) is 0. The fourth-order valence-electron chi connectivity index (χ4n) is 2.55. The third kappa shape index (κ3) is 6.00. The van der Waals surface area contributed by atoms with E-state index in [0.29, 0.717) is 12.0 Å². The van der Waals surface area contributed by atoms with E-state index < -0.39 is 25.4 Å². The highest BCUT2D eigenvalue weighted by molar-refractivity contribution is 7.91. The normalized spacial score (nSPS) is 15.0. The van der Waals surface area contributed by atoms with Crippen molar-refractivity contribution in [1.29, 1.82) is 0 Å². The first-order valence-electron chi connectivity index (χ1n) is 7.35. The Hall–Kier alpha value is -0.670. The van der Waals surface area contributed by atoms with Gasteiger partial charge in [0.15, 0.2) is 9.84 Å². The standard InChI is InChI=1S/C15H26N2O4S2.ClH/c1-11(2)9-15(4,10-16)17-23(20,21)14-8-13(22(5,18)19)7-6-12(14)3;/h6-8,11,17H,9-10,16H2,1-5H3;1H. The van der Waals surface area contributed by atoms with Crippen molar-refractivity contribution in [3.63, 3.8) is 0 Å². The molecule has 24 heavy (non-hydrogen) atoms. The third-order valence-corrected chi connectivity index (χ3v) is 6.46. The van der Waals surface area contributed by atoms with Crippen LogP contribution in [-0.4, -0.2) is 35.2 Å². The van der Waals surface area contributed by atoms with Crippen molar-refractivity contribution in [2.75, 3.05) is 12.8 Å². The zero-order chi connectivity index (χ0) is 18.1. The van der Waals surface area contributed by atoms with Gasteiger partial charge < -0.3 is 5.73 Å². The zero-order valence-corrected chi connectivity index (χ0v) is 17.1. The quantitative estimate of drug-likeness (QED) is 0.729. The number of hydrogen-bond donors (Lipinski definition) is 2. The Morgan fingerprint density at radius 1 is 1.21 bits per heavy atom. The average molecular weight is 399 g/mol. The number of nitrogens with two attached hydrogens (primary N) is 1. The number of benzene rings is 1. The molecule has 1 aromatic rings. The van der Waals surface area contributed by atoms with Gasteiger partial charge in [0.2, 0.25) is 10.0 Å². The van der Waals surface area contributed by atoms with E-state index in [1.807, 2.05) is 13.8 Å². The summed E-state index contributed by atoms with van der Waals surface area (Å²) in [6.45, 7) is 7.49. The fraction of sp³-hybridized carbons (Fsp3) is 0.600. The predicted octanol–water partition coefficient (Wildman–Crippen LogP) is 1.86. The molecule has 0 radical (unpaired) electrons. The van der Waals surface area contributed by atoms with Crippen LogP contribution in [-0.2, 0) is 19.9 Å². The second-order valence-corrected chi connectivity index (χ2v) is 10.3. The van der Waals surface area contributed by atoms with Gasteiger partial charge >= 0.3 is 0 Å². The first-order valence-corrected chi connectivity index (χ1v) is 10.7. The summed E-state index contributed by atoms with van der Waals surface area (Å²) >= 11 is 0. The van der Waals surface area contributed by atoms with Crippen LogP contribution in [0, 0.1) is 12.8 Å². The SMILES string of the molecule is Cc1ccc(S(C)(=O)=O)cc1S(=O)(=O)NC(C)(CN)CC(C)C.Cl. The highest BCUT2D eigenvalue weighted by atomic mass is 35.5. The Morgan fingerprint density at radius 2 is 1.75 bits per heavy atom. The molecule has 0 saturated heterocycles. The molecule has 1 rings (SSSR count). The summed E-state index contributed by atoms with van der Waals surface area (Å²) in [7, 11) is -7.37. The van der Waals surface area contributed by atoms with Gasteiger partial charge in [-0.1, -0.05) is 19.9 Å². The number of nitrogens with one attached hydrogen (secondary N) is 1. The predicted molar refractivity (Wildman–Crippen MR) is 98.8 cm³/mol. The monoisotopic (exact) mass is 398 g/mol. The Kier molecular flexibility index (Phi) is 7.91. The van der Waals surface area contributed by atoms with Crippen molar-refractivity contribution in [2.24, 2.45) is 11.7 Å². The van der Waals surface area contributed by atoms with E-state index in [1.54, 1.807) is 13.8 Å². The number of sulfonamides is 1. The molecule has 140 valence electrons. The molecule has 0 heterocycles. The lowest BCUT2D eigenvalue weighted by atomic mass is 9.92. The molecule has 9 heteroatoms. The van der Waals surface area contributed by atoms with Crippen LogP contribution >= 0.6 is 12.4 Å². The van der Waals surface area contributed by atoms with Crippen molar-refractivity contribution in [3.05, 3.63) is 23.8 Å². The van der Waals surface area contributed by atoms with E-state index in [9.17, 15) is 16.8 Å². The highest BCUT2D eigenvalue weighted by Crippen LogP contribution is 2.23. The highest BCUT2D eigenvalue weighted by Gasteiger charge is 2.31. The van der Waals surface area contributed by atoms with Crippen molar-refractivity contribution in [2.45, 2.75) is 49.4 Å². The maximum Gasteiger partial charge on any atom is 0.241 e. The molecular weight excluding hydrogens is 372 g/mol. The molecule has 0 amide bonds. The van der Waals surface area contributed by atoms with Gasteiger partial charge in [0, 0.05) is 18.3 Å². The number of halogens is 1. The van der Waals surface area contributed by atoms with Crippen molar-refractivity contribution in [3.8, 4) is 0 Å². The van der Waals surface area contributed by atoms with Crippen molar-refractivity contribution >= 4 is 32.3 Å². The van der Waals surface area contributed by atoms with Gasteiger partial charge in [-0.05, 0) is 43.9 Å². The minimum absolute atomic E-state index is 0. The zero-order valence-electron chi connectivity index (χ0n) is 14.7. The summed E-state index contributed by atoms with van der Waals surface area (Å²) in [5.41, 5.74) is 5.44. The van der Waals surface area contributed by atoms with Gasteiger partial charge in [-0.25, -0.2) is 21.6 Å². The number of hydrogen-bond acceptors (Lipinski definition) is 5. The summed E-state index contributed by atoms with van der Waals surface area (Å²) in [4.78, 5) is -0.0642. The molecule has 0 aromatic heterocycles. The second-order valence-electron chi connectivity index (χ2n) is 6.67. The van der Waals surface area contributed by atoms with Gasteiger partial charge in [0.25, 0.3) is 0 Å². The van der Waals surface area contributed by atoms with E-state index in [2.05, 4.69) is 4.72 Å². The average Bonchev–Trinajstić information content (AvgIpc) is 2.35. The van der Waals surface area contributed by atoms with E-state index in [-0.39, 0.29) is 34.7 Å². The summed E-state index contributed by atoms with van der Waals surface area (Å²) < 4.78 is 51.4. The van der Waals surface area contributed by atoms with Crippen LogP contribution in [0.5, 0.6) is 0 Å². The molecule has 0 fully saturated rings. The van der Waals surface area contributed by atoms with Crippen molar-refractivity contribution in [1.82, 2.24) is 4.72 Å². The molecule has 3 N–H and O–H groups in total. The summed E-state index contributed by atoms with van der Waals surface area (Å²) in [6.07, 6.45) is 1.62. The Labute approximate surface area is 151 Å². The van der Waals surface area contributed by atoms with E-state index in [4.69, 9.17) is 5.73 Å². The lowest BCUT2D eigenvalue weighted by Gasteiger charge is -2.31. The molecule has 0 saturated carbocycles. The van der Waals surface area contributed by atoms with Crippen LogP contribution in [0.2, 0.25) is 0 Å². The lowest BCUT2D eigenvalue weighted by Crippen LogP contribution is -2.52. The maximum absolute atomic E-state index is 12.7. The van der Waals surface area contributed by atoms with E-state index in [1.165, 1.54) is 18.2 Å². The van der Waals surface area contributed by atoms with Crippen LogP contribution in [0.25, 0.3) is 0 Å².